The number of nitrogens with zero attached hydrogens (tertiary/aromatic N) is 4. The van der Waals surface area contributed by atoms with E-state index in [-0.39, 0.29) is 12.5 Å². The van der Waals surface area contributed by atoms with Crippen LogP contribution < -0.4 is 0 Å². The molecule has 0 radical (unpaired) electrons. The van der Waals surface area contributed by atoms with Crippen LogP contribution >= 0.6 is 0 Å². The van der Waals surface area contributed by atoms with Crippen LogP contribution in [-0.2, 0) is 43.6 Å². The third-order valence-electron chi connectivity index (χ3n) is 5.37. The first-order chi connectivity index (χ1) is 14.2. The van der Waals surface area contributed by atoms with Gasteiger partial charge in [0.15, 0.2) is 5.82 Å². The van der Waals surface area contributed by atoms with Gasteiger partial charge in [-0.25, -0.2) is 9.67 Å². The van der Waals surface area contributed by atoms with Gasteiger partial charge in [0.1, 0.15) is 5.82 Å². The molecule has 6 heteroatoms. The number of carbonyl (C=O) groups is 1. The van der Waals surface area contributed by atoms with Crippen LogP contribution in [0.3, 0.4) is 0 Å². The molecule has 4 rings (SSSR count). The largest absolute Gasteiger partial charge is 0.392 e. The maximum absolute atomic E-state index is 12.7. The quantitative estimate of drug-likeness (QED) is 0.700. The Bertz CT molecular complexity index is 925. The molecule has 2 heterocycles. The van der Waals surface area contributed by atoms with E-state index in [0.29, 0.717) is 26.1 Å². The zero-order chi connectivity index (χ0) is 20.1. The second kappa shape index (κ2) is 9.01. The molecule has 150 valence electrons. The molecule has 0 spiro atoms. The third-order valence-corrected chi connectivity index (χ3v) is 5.37. The summed E-state index contributed by atoms with van der Waals surface area (Å²) >= 11 is 0. The third kappa shape index (κ3) is 4.90. The van der Waals surface area contributed by atoms with Crippen LogP contribution in [0.15, 0.2) is 54.6 Å². The summed E-state index contributed by atoms with van der Waals surface area (Å²) in [4.78, 5) is 19.3. The fourth-order valence-electron chi connectivity index (χ4n) is 3.66. The van der Waals surface area contributed by atoms with Crippen molar-refractivity contribution in [3.05, 3.63) is 82.9 Å². The number of benzene rings is 2. The molecular formula is C23H26N4O2. The highest BCUT2D eigenvalue weighted by molar-refractivity contribution is 5.78. The number of aromatic nitrogens is 3. The van der Waals surface area contributed by atoms with Gasteiger partial charge in [-0.05, 0) is 23.1 Å². The molecule has 6 nitrogen and oxygen atoms in total. The Morgan fingerprint density at radius 1 is 0.897 bits per heavy atom. The number of carbonyl (C=O) groups excluding carboxylic acids is 1. The summed E-state index contributed by atoms with van der Waals surface area (Å²) in [6.07, 6.45) is 2.87. The van der Waals surface area contributed by atoms with Crippen molar-refractivity contribution >= 4 is 5.91 Å². The SMILES string of the molecule is O=C(Cc1ccc(CO)cc1)N1CCc2nc(CCc3ccccc3)nn2CC1. The van der Waals surface area contributed by atoms with Crippen molar-refractivity contribution < 1.29 is 9.90 Å². The van der Waals surface area contributed by atoms with Crippen molar-refractivity contribution in [2.24, 2.45) is 0 Å². The minimum Gasteiger partial charge on any atom is -0.392 e. The lowest BCUT2D eigenvalue weighted by Crippen LogP contribution is -2.34. The summed E-state index contributed by atoms with van der Waals surface area (Å²) < 4.78 is 1.96. The lowest BCUT2D eigenvalue weighted by molar-refractivity contribution is -0.130. The van der Waals surface area contributed by atoms with Gasteiger partial charge in [-0.3, -0.25) is 4.79 Å². The monoisotopic (exact) mass is 390 g/mol. The highest BCUT2D eigenvalue weighted by Crippen LogP contribution is 2.12. The molecule has 0 bridgehead atoms. The van der Waals surface area contributed by atoms with Crippen LogP contribution in [0, 0.1) is 0 Å². The van der Waals surface area contributed by atoms with Crippen molar-refractivity contribution in [1.82, 2.24) is 19.7 Å². The topological polar surface area (TPSA) is 71.2 Å². The fourth-order valence-corrected chi connectivity index (χ4v) is 3.66. The number of aliphatic hydroxyl groups is 1. The molecule has 0 fully saturated rings. The van der Waals surface area contributed by atoms with Gasteiger partial charge >= 0.3 is 0 Å². The summed E-state index contributed by atoms with van der Waals surface area (Å²) in [6.45, 7) is 2.03. The van der Waals surface area contributed by atoms with Crippen molar-refractivity contribution in [3.63, 3.8) is 0 Å². The van der Waals surface area contributed by atoms with Gasteiger partial charge in [-0.2, -0.15) is 5.10 Å². The zero-order valence-corrected chi connectivity index (χ0v) is 16.5. The van der Waals surface area contributed by atoms with Gasteiger partial charge in [-0.15, -0.1) is 0 Å². The van der Waals surface area contributed by atoms with E-state index in [1.165, 1.54) is 5.56 Å². The summed E-state index contributed by atoms with van der Waals surface area (Å²) in [5.41, 5.74) is 3.12. The van der Waals surface area contributed by atoms with Crippen LogP contribution in [0.1, 0.15) is 28.3 Å². The maximum Gasteiger partial charge on any atom is 0.227 e. The van der Waals surface area contributed by atoms with E-state index in [2.05, 4.69) is 29.4 Å². The zero-order valence-electron chi connectivity index (χ0n) is 16.5. The van der Waals surface area contributed by atoms with E-state index in [9.17, 15) is 4.79 Å². The Morgan fingerprint density at radius 3 is 2.41 bits per heavy atom. The molecule has 0 aliphatic carbocycles. The molecule has 1 aromatic heterocycles. The first-order valence-corrected chi connectivity index (χ1v) is 10.1. The lowest BCUT2D eigenvalue weighted by Gasteiger charge is -2.20. The molecule has 0 atom stereocenters. The molecule has 1 aliphatic rings. The normalized spacial score (nSPS) is 13.8. The Hall–Kier alpha value is -2.99. The predicted molar refractivity (Wildman–Crippen MR) is 110 cm³/mol. The van der Waals surface area contributed by atoms with E-state index in [0.717, 1.165) is 42.0 Å². The number of aryl methyl sites for hydroxylation is 2. The standard InChI is InChI=1S/C23H26N4O2/c28-17-20-8-6-19(7-9-20)16-23(29)26-13-12-22-24-21(25-27(22)15-14-26)11-10-18-4-2-1-3-5-18/h1-9,28H,10-17H2. The number of aliphatic hydroxyl groups excluding tert-OH is 1. The highest BCUT2D eigenvalue weighted by Gasteiger charge is 2.21. The molecule has 1 amide bonds. The van der Waals surface area contributed by atoms with Crippen LogP contribution in [0.4, 0.5) is 0 Å². The Labute approximate surface area is 170 Å². The number of rotatable bonds is 6. The summed E-state index contributed by atoms with van der Waals surface area (Å²) in [7, 11) is 0. The summed E-state index contributed by atoms with van der Waals surface area (Å²) in [5, 5.41) is 13.8. The second-order valence-electron chi connectivity index (χ2n) is 7.44. The van der Waals surface area contributed by atoms with E-state index in [4.69, 9.17) is 10.1 Å². The van der Waals surface area contributed by atoms with Crippen LogP contribution in [0.5, 0.6) is 0 Å². The predicted octanol–water partition coefficient (Wildman–Crippen LogP) is 2.18. The van der Waals surface area contributed by atoms with Crippen LogP contribution in [0.25, 0.3) is 0 Å². The fraction of sp³-hybridized carbons (Fsp3) is 0.348. The van der Waals surface area contributed by atoms with E-state index in [1.54, 1.807) is 0 Å². The molecule has 0 saturated heterocycles. The molecule has 29 heavy (non-hydrogen) atoms. The molecule has 0 saturated carbocycles. The molecule has 1 N–H and O–H groups in total. The van der Waals surface area contributed by atoms with Crippen molar-refractivity contribution in [2.75, 3.05) is 13.1 Å². The minimum atomic E-state index is 0.0200. The minimum absolute atomic E-state index is 0.0200. The van der Waals surface area contributed by atoms with Gasteiger partial charge < -0.3 is 10.0 Å². The number of fused-ring (bicyclic) bond motifs is 1. The van der Waals surface area contributed by atoms with Crippen LogP contribution in [0.2, 0.25) is 0 Å². The maximum atomic E-state index is 12.7. The van der Waals surface area contributed by atoms with Crippen molar-refractivity contribution in [2.45, 2.75) is 38.8 Å². The van der Waals surface area contributed by atoms with Crippen molar-refractivity contribution in [1.29, 1.82) is 0 Å². The Kier molecular flexibility index (Phi) is 6.00. The number of amides is 1. The van der Waals surface area contributed by atoms with Crippen LogP contribution in [-0.4, -0.2) is 43.8 Å². The highest BCUT2D eigenvalue weighted by atomic mass is 16.3. The molecule has 0 unspecified atom stereocenters. The van der Waals surface area contributed by atoms with E-state index < -0.39 is 0 Å². The second-order valence-corrected chi connectivity index (χ2v) is 7.44. The molecule has 1 aliphatic heterocycles. The number of hydrogen-bond acceptors (Lipinski definition) is 4. The molecule has 3 aromatic rings. The first kappa shape index (κ1) is 19.3. The summed E-state index contributed by atoms with van der Waals surface area (Å²) in [5.74, 6) is 1.97. The van der Waals surface area contributed by atoms with E-state index in [1.807, 2.05) is 39.9 Å². The van der Waals surface area contributed by atoms with Gasteiger partial charge in [0.05, 0.1) is 19.6 Å². The first-order valence-electron chi connectivity index (χ1n) is 10.1. The van der Waals surface area contributed by atoms with Crippen molar-refractivity contribution in [3.8, 4) is 0 Å². The Morgan fingerprint density at radius 2 is 1.66 bits per heavy atom. The van der Waals surface area contributed by atoms with Gasteiger partial charge in [-0.1, -0.05) is 54.6 Å². The number of hydrogen-bond donors (Lipinski definition) is 1. The average Bonchev–Trinajstić information content (AvgIpc) is 3.05. The molecular weight excluding hydrogens is 364 g/mol. The van der Waals surface area contributed by atoms with Gasteiger partial charge in [0, 0.05) is 25.9 Å². The average molecular weight is 390 g/mol. The summed E-state index contributed by atoms with van der Waals surface area (Å²) in [6, 6.07) is 17.9. The van der Waals surface area contributed by atoms with Gasteiger partial charge in [0.2, 0.25) is 5.91 Å². The molecule has 2 aromatic carbocycles. The van der Waals surface area contributed by atoms with E-state index >= 15 is 0 Å². The Balaban J connectivity index is 1.32. The van der Waals surface area contributed by atoms with Gasteiger partial charge in [0.25, 0.3) is 0 Å². The smallest absolute Gasteiger partial charge is 0.227 e. The lowest BCUT2D eigenvalue weighted by atomic mass is 10.1.